The maximum Gasteiger partial charge on any atom is 0.196 e. The van der Waals surface area contributed by atoms with Crippen LogP contribution in [-0.4, -0.2) is 38.0 Å². The molecule has 1 saturated heterocycles. The highest BCUT2D eigenvalue weighted by atomic mass is 35.5. The van der Waals surface area contributed by atoms with Gasteiger partial charge >= 0.3 is 0 Å². The van der Waals surface area contributed by atoms with Crippen LogP contribution in [0.3, 0.4) is 0 Å². The number of hydrogen-bond acceptors (Lipinski definition) is 3. The number of para-hydroxylation sites is 2. The maximum absolute atomic E-state index is 14.5. The third-order valence-electron chi connectivity index (χ3n) is 5.82. The van der Waals surface area contributed by atoms with E-state index in [1.807, 2.05) is 89.6 Å². The molecule has 8 heteroatoms. The molecule has 0 radical (unpaired) electrons. The average Bonchev–Trinajstić information content (AvgIpc) is 2.89. The van der Waals surface area contributed by atoms with Crippen LogP contribution in [0.2, 0.25) is 0 Å². The maximum atomic E-state index is 14.5. The zero-order valence-corrected chi connectivity index (χ0v) is 22.6. The molecule has 1 fully saturated rings. The molecule has 0 aromatic heterocycles. The summed E-state index contributed by atoms with van der Waals surface area (Å²) in [5, 5.41) is 0.898. The van der Waals surface area contributed by atoms with Gasteiger partial charge in [0.05, 0.1) is 22.9 Å². The second-order valence-corrected chi connectivity index (χ2v) is 11.2. The van der Waals surface area contributed by atoms with E-state index in [1.165, 1.54) is 0 Å². The normalized spacial score (nSPS) is 15.5. The molecule has 184 valence electrons. The lowest BCUT2D eigenvalue weighted by atomic mass is 10.2. The van der Waals surface area contributed by atoms with E-state index in [0.717, 1.165) is 22.6 Å². The molecule has 0 unspecified atom stereocenters. The molecular formula is C27H28Cl3N2O2P. The lowest BCUT2D eigenvalue weighted by molar-refractivity contribution is 0.384. The zero-order chi connectivity index (χ0) is 24.0. The summed E-state index contributed by atoms with van der Waals surface area (Å²) >= 11 is 13.3. The van der Waals surface area contributed by atoms with Crippen molar-refractivity contribution in [2.45, 2.75) is 0 Å². The van der Waals surface area contributed by atoms with Crippen LogP contribution in [0.25, 0.3) is 10.1 Å². The van der Waals surface area contributed by atoms with Crippen LogP contribution in [0.1, 0.15) is 11.1 Å². The Morgan fingerprint density at radius 3 is 1.71 bits per heavy atom. The first-order chi connectivity index (χ1) is 16.5. The molecule has 3 aromatic carbocycles. The Morgan fingerprint density at radius 1 is 0.771 bits per heavy atom. The van der Waals surface area contributed by atoms with Crippen LogP contribution in [-0.2, 0) is 4.57 Å². The Bertz CT molecular complexity index is 1150. The van der Waals surface area contributed by atoms with Gasteiger partial charge in [-0.15, -0.1) is 12.4 Å². The second kappa shape index (κ2) is 12.7. The van der Waals surface area contributed by atoms with Crippen molar-refractivity contribution < 1.29 is 9.30 Å². The van der Waals surface area contributed by atoms with Crippen LogP contribution < -0.4 is 9.64 Å². The highest BCUT2D eigenvalue weighted by Crippen LogP contribution is 2.57. The number of benzene rings is 3. The highest BCUT2D eigenvalue weighted by Gasteiger charge is 2.31. The second-order valence-electron chi connectivity index (χ2n) is 7.97. The predicted molar refractivity (Wildman–Crippen MR) is 152 cm³/mol. The molecule has 35 heavy (non-hydrogen) atoms. The van der Waals surface area contributed by atoms with E-state index in [4.69, 9.17) is 27.9 Å². The fourth-order valence-electron chi connectivity index (χ4n) is 4.01. The Morgan fingerprint density at radius 2 is 1.23 bits per heavy atom. The highest BCUT2D eigenvalue weighted by molar-refractivity contribution is 7.68. The summed E-state index contributed by atoms with van der Waals surface area (Å²) < 4.78 is 22.0. The first kappa shape index (κ1) is 27.4. The Balaban J connectivity index is 0.00000342. The van der Waals surface area contributed by atoms with Gasteiger partial charge in [0.1, 0.15) is 5.75 Å². The molecule has 0 aliphatic carbocycles. The molecule has 1 aliphatic rings. The largest absolute Gasteiger partial charge is 0.495 e. The van der Waals surface area contributed by atoms with E-state index in [0.29, 0.717) is 36.2 Å². The fourth-order valence-corrected chi connectivity index (χ4v) is 7.25. The molecule has 1 heterocycles. The Hall–Kier alpha value is -2.20. The molecule has 0 bridgehead atoms. The summed E-state index contributed by atoms with van der Waals surface area (Å²) in [6.45, 7) is 2.61. The number of methoxy groups -OCH3 is 1. The van der Waals surface area contributed by atoms with Gasteiger partial charge in [-0.2, -0.15) is 0 Å². The standard InChI is InChI=1S/C27H27Cl2N2O2P.ClH/c1-33-27-15-9-8-14-26(27)30-16-18-31(19-17-30)34(32,20-24(28)22-10-4-2-5-11-22)21-25(29)23-12-6-3-7-13-23;/h2-15,20-21H,16-19H2,1H3;1H/b24-20-,25-21-;. The number of ether oxygens (including phenoxy) is 1. The quantitative estimate of drug-likeness (QED) is 0.280. The van der Waals surface area contributed by atoms with Gasteiger partial charge in [0.25, 0.3) is 0 Å². The SMILES string of the molecule is COc1ccccc1N1CCN(P(=O)(/C=C(\Cl)c2ccccc2)/C=C(\Cl)c2ccccc2)CC1.Cl. The molecule has 0 atom stereocenters. The van der Waals surface area contributed by atoms with Gasteiger partial charge in [0.2, 0.25) is 0 Å². The number of anilines is 1. The van der Waals surface area contributed by atoms with Crippen LogP contribution in [0, 0.1) is 0 Å². The lowest BCUT2D eigenvalue weighted by Crippen LogP contribution is -2.44. The van der Waals surface area contributed by atoms with Crippen LogP contribution in [0.4, 0.5) is 5.69 Å². The van der Waals surface area contributed by atoms with Gasteiger partial charge in [-0.1, -0.05) is 96.0 Å². The molecule has 0 spiro atoms. The van der Waals surface area contributed by atoms with Crippen LogP contribution in [0.15, 0.2) is 96.6 Å². The van der Waals surface area contributed by atoms with Gasteiger partial charge in [0.15, 0.2) is 7.29 Å². The molecule has 4 rings (SSSR count). The molecule has 3 aromatic rings. The molecule has 0 saturated carbocycles. The summed E-state index contributed by atoms with van der Waals surface area (Å²) in [5.41, 5.74) is 2.68. The third kappa shape index (κ3) is 6.73. The Labute approximate surface area is 223 Å². The minimum absolute atomic E-state index is 0. The van der Waals surface area contributed by atoms with E-state index in [1.54, 1.807) is 18.7 Å². The van der Waals surface area contributed by atoms with E-state index < -0.39 is 7.29 Å². The topological polar surface area (TPSA) is 32.8 Å². The zero-order valence-electron chi connectivity index (χ0n) is 19.4. The van der Waals surface area contributed by atoms with Gasteiger partial charge in [-0.25, -0.2) is 4.67 Å². The minimum atomic E-state index is -3.19. The van der Waals surface area contributed by atoms with Gasteiger partial charge in [-0.05, 0) is 23.3 Å². The van der Waals surface area contributed by atoms with Crippen molar-refractivity contribution in [2.75, 3.05) is 38.2 Å². The van der Waals surface area contributed by atoms with Gasteiger partial charge < -0.3 is 9.64 Å². The number of hydrogen-bond donors (Lipinski definition) is 0. The smallest absolute Gasteiger partial charge is 0.196 e. The van der Waals surface area contributed by atoms with Crippen molar-refractivity contribution in [1.82, 2.24) is 4.67 Å². The van der Waals surface area contributed by atoms with Crippen molar-refractivity contribution in [3.63, 3.8) is 0 Å². The monoisotopic (exact) mass is 548 g/mol. The lowest BCUT2D eigenvalue weighted by Gasteiger charge is -2.38. The predicted octanol–water partition coefficient (Wildman–Crippen LogP) is 7.99. The Kier molecular flexibility index (Phi) is 9.91. The first-order valence-corrected chi connectivity index (χ1v) is 13.7. The molecule has 4 nitrogen and oxygen atoms in total. The number of rotatable bonds is 7. The van der Waals surface area contributed by atoms with E-state index in [2.05, 4.69) is 4.90 Å². The average molecular weight is 550 g/mol. The molecule has 1 aliphatic heterocycles. The minimum Gasteiger partial charge on any atom is -0.495 e. The van der Waals surface area contributed by atoms with Crippen molar-refractivity contribution in [3.8, 4) is 5.75 Å². The van der Waals surface area contributed by atoms with Crippen LogP contribution >= 0.6 is 42.9 Å². The number of nitrogens with zero attached hydrogens (tertiary/aromatic N) is 2. The summed E-state index contributed by atoms with van der Waals surface area (Å²) in [7, 11) is -1.51. The summed E-state index contributed by atoms with van der Waals surface area (Å²) in [6, 6.07) is 27.1. The summed E-state index contributed by atoms with van der Waals surface area (Å²) in [4.78, 5) is 2.25. The molecule has 0 N–H and O–H groups in total. The molecular weight excluding hydrogens is 522 g/mol. The van der Waals surface area contributed by atoms with Gasteiger partial charge in [0, 0.05) is 37.8 Å². The van der Waals surface area contributed by atoms with Gasteiger partial charge in [-0.3, -0.25) is 4.57 Å². The summed E-state index contributed by atoms with van der Waals surface area (Å²) in [5.74, 6) is 4.18. The fraction of sp³-hybridized carbons (Fsp3) is 0.185. The van der Waals surface area contributed by atoms with Crippen molar-refractivity contribution in [2.24, 2.45) is 0 Å². The molecule has 0 amide bonds. The van der Waals surface area contributed by atoms with Crippen LogP contribution in [0.5, 0.6) is 5.75 Å². The third-order valence-corrected chi connectivity index (χ3v) is 9.32. The van der Waals surface area contributed by atoms with E-state index in [9.17, 15) is 4.57 Å². The number of halogens is 3. The van der Waals surface area contributed by atoms with Crippen molar-refractivity contribution >= 4 is 58.7 Å². The number of piperazine rings is 1. The summed E-state index contributed by atoms with van der Waals surface area (Å²) in [6.07, 6.45) is 0. The van der Waals surface area contributed by atoms with Crippen molar-refractivity contribution in [1.29, 1.82) is 0 Å². The first-order valence-electron chi connectivity index (χ1n) is 11.1. The van der Waals surface area contributed by atoms with E-state index in [-0.39, 0.29) is 12.4 Å². The van der Waals surface area contributed by atoms with Crippen molar-refractivity contribution in [3.05, 3.63) is 108 Å². The van der Waals surface area contributed by atoms with E-state index >= 15 is 0 Å².